The van der Waals surface area contributed by atoms with Gasteiger partial charge in [0, 0.05) is 24.2 Å². The summed E-state index contributed by atoms with van der Waals surface area (Å²) in [6.45, 7) is 1.05. The molecule has 0 radical (unpaired) electrons. The van der Waals surface area contributed by atoms with E-state index < -0.39 is 0 Å². The number of nitrogens with one attached hydrogen (secondary N) is 2. The van der Waals surface area contributed by atoms with Crippen LogP contribution in [0.25, 0.3) is 4.96 Å². The first kappa shape index (κ1) is 12.8. The monoisotopic (exact) mass is 305 g/mol. The number of hydrogen-bond donors (Lipinski definition) is 2. The van der Waals surface area contributed by atoms with E-state index in [-0.39, 0.29) is 24.9 Å². The summed E-state index contributed by atoms with van der Waals surface area (Å²) in [4.78, 5) is 30.4. The highest BCUT2D eigenvalue weighted by atomic mass is 32.1. The molecule has 2 aromatic heterocycles. The van der Waals surface area contributed by atoms with Crippen LogP contribution in [0.3, 0.4) is 0 Å². The first-order chi connectivity index (χ1) is 10.2. The van der Waals surface area contributed by atoms with Crippen LogP contribution in [-0.2, 0) is 16.1 Å². The number of amides is 2. The maximum atomic E-state index is 11.6. The average Bonchev–Trinajstić information content (AvgIpc) is 3.03. The number of nitrogens with zero attached hydrogens (tertiary/aromatic N) is 3. The molecule has 2 aliphatic rings. The fourth-order valence-electron chi connectivity index (χ4n) is 2.55. The number of imide groups is 1. The molecule has 0 bridgehead atoms. The van der Waals surface area contributed by atoms with Gasteiger partial charge in [-0.05, 0) is 12.8 Å². The van der Waals surface area contributed by atoms with Gasteiger partial charge in [-0.2, -0.15) is 0 Å². The zero-order chi connectivity index (χ0) is 14.4. The van der Waals surface area contributed by atoms with Crippen molar-refractivity contribution in [2.75, 3.05) is 18.0 Å². The number of anilines is 1. The summed E-state index contributed by atoms with van der Waals surface area (Å²) < 4.78 is 2.03. The van der Waals surface area contributed by atoms with Gasteiger partial charge in [-0.3, -0.25) is 19.3 Å². The summed E-state index contributed by atoms with van der Waals surface area (Å²) in [5.41, 5.74) is 1.01. The van der Waals surface area contributed by atoms with Crippen LogP contribution in [0.4, 0.5) is 5.82 Å². The first-order valence-electron chi connectivity index (χ1n) is 6.96. The van der Waals surface area contributed by atoms with E-state index in [0.717, 1.165) is 16.5 Å². The van der Waals surface area contributed by atoms with Gasteiger partial charge in [-0.1, -0.05) is 0 Å². The van der Waals surface area contributed by atoms with Gasteiger partial charge in [-0.15, -0.1) is 11.3 Å². The Morgan fingerprint density at radius 2 is 2.10 bits per heavy atom. The van der Waals surface area contributed by atoms with Crippen molar-refractivity contribution in [2.45, 2.75) is 25.4 Å². The summed E-state index contributed by atoms with van der Waals surface area (Å²) in [5, 5.41) is 7.78. The number of aromatic nitrogens is 2. The van der Waals surface area contributed by atoms with Crippen LogP contribution in [0.2, 0.25) is 0 Å². The van der Waals surface area contributed by atoms with Crippen molar-refractivity contribution >= 4 is 33.9 Å². The summed E-state index contributed by atoms with van der Waals surface area (Å²) >= 11 is 1.55. The van der Waals surface area contributed by atoms with Crippen LogP contribution in [0.15, 0.2) is 11.6 Å². The minimum Gasteiger partial charge on any atom is -0.336 e. The van der Waals surface area contributed by atoms with E-state index in [4.69, 9.17) is 0 Å². The van der Waals surface area contributed by atoms with Gasteiger partial charge >= 0.3 is 0 Å². The summed E-state index contributed by atoms with van der Waals surface area (Å²) in [7, 11) is 0. The molecule has 7 nitrogen and oxygen atoms in total. The lowest BCUT2D eigenvalue weighted by atomic mass is 10.3. The molecule has 0 aromatic carbocycles. The lowest BCUT2D eigenvalue weighted by molar-refractivity contribution is -0.130. The van der Waals surface area contributed by atoms with Crippen molar-refractivity contribution in [3.8, 4) is 0 Å². The Balaban J connectivity index is 1.68. The Labute approximate surface area is 125 Å². The summed E-state index contributed by atoms with van der Waals surface area (Å²) in [6.07, 6.45) is 4.41. The minimum absolute atomic E-state index is 0.174. The van der Waals surface area contributed by atoms with E-state index in [1.807, 2.05) is 16.0 Å². The van der Waals surface area contributed by atoms with Gasteiger partial charge in [-0.25, -0.2) is 4.98 Å². The molecule has 4 rings (SSSR count). The number of thiazole rings is 1. The second-order valence-corrected chi connectivity index (χ2v) is 6.29. The Morgan fingerprint density at radius 1 is 1.33 bits per heavy atom. The smallest absolute Gasteiger partial charge is 0.246 e. The molecule has 1 saturated heterocycles. The lowest BCUT2D eigenvalue weighted by Crippen LogP contribution is -2.52. The third-order valence-electron chi connectivity index (χ3n) is 3.72. The quantitative estimate of drug-likeness (QED) is 0.784. The van der Waals surface area contributed by atoms with Crippen LogP contribution < -0.4 is 15.5 Å². The number of carbonyl (C=O) groups excluding carboxylic acids is 2. The van der Waals surface area contributed by atoms with Crippen LogP contribution in [-0.4, -0.2) is 40.3 Å². The van der Waals surface area contributed by atoms with Crippen molar-refractivity contribution in [2.24, 2.45) is 0 Å². The fraction of sp³-hybridized carbons (Fsp3) is 0.462. The Hall–Kier alpha value is -1.93. The Bertz CT molecular complexity index is 701. The van der Waals surface area contributed by atoms with Gasteiger partial charge in [0.1, 0.15) is 0 Å². The number of carbonyl (C=O) groups is 2. The van der Waals surface area contributed by atoms with Crippen molar-refractivity contribution in [3.63, 3.8) is 0 Å². The van der Waals surface area contributed by atoms with Crippen molar-refractivity contribution < 1.29 is 9.59 Å². The van der Waals surface area contributed by atoms with Crippen LogP contribution >= 0.6 is 11.3 Å². The van der Waals surface area contributed by atoms with E-state index in [2.05, 4.69) is 15.6 Å². The second kappa shape index (κ2) is 4.81. The van der Waals surface area contributed by atoms with Gasteiger partial charge < -0.3 is 10.2 Å². The molecule has 110 valence electrons. The van der Waals surface area contributed by atoms with Crippen LogP contribution in [0.1, 0.15) is 18.5 Å². The van der Waals surface area contributed by atoms with Gasteiger partial charge in [0.15, 0.2) is 10.8 Å². The normalized spacial score (nSPS) is 19.3. The molecule has 1 aliphatic carbocycles. The molecule has 2 amide bonds. The fourth-order valence-corrected chi connectivity index (χ4v) is 3.28. The van der Waals surface area contributed by atoms with Crippen LogP contribution in [0, 0.1) is 0 Å². The molecular formula is C13H15N5O2S. The summed E-state index contributed by atoms with van der Waals surface area (Å²) in [6, 6.07) is 0.591. The Morgan fingerprint density at radius 3 is 2.81 bits per heavy atom. The van der Waals surface area contributed by atoms with E-state index in [1.165, 1.54) is 12.8 Å². The largest absolute Gasteiger partial charge is 0.336 e. The van der Waals surface area contributed by atoms with Crippen LogP contribution in [0.5, 0.6) is 0 Å². The molecule has 3 heterocycles. The lowest BCUT2D eigenvalue weighted by Gasteiger charge is -2.26. The van der Waals surface area contributed by atoms with Gasteiger partial charge in [0.2, 0.25) is 11.8 Å². The van der Waals surface area contributed by atoms with E-state index in [1.54, 1.807) is 16.2 Å². The second-order valence-electron chi connectivity index (χ2n) is 5.42. The molecule has 21 heavy (non-hydrogen) atoms. The highest BCUT2D eigenvalue weighted by Gasteiger charge is 2.28. The van der Waals surface area contributed by atoms with Gasteiger partial charge in [0.05, 0.1) is 18.8 Å². The highest BCUT2D eigenvalue weighted by Crippen LogP contribution is 2.27. The molecule has 2 N–H and O–H groups in total. The third-order valence-corrected chi connectivity index (χ3v) is 4.48. The Kier molecular flexibility index (Phi) is 2.93. The van der Waals surface area contributed by atoms with E-state index >= 15 is 0 Å². The predicted octanol–water partition coefficient (Wildman–Crippen LogP) is 0.111. The molecule has 8 heteroatoms. The molecule has 0 unspecified atom stereocenters. The van der Waals surface area contributed by atoms with E-state index in [9.17, 15) is 9.59 Å². The molecule has 0 atom stereocenters. The predicted molar refractivity (Wildman–Crippen MR) is 78.3 cm³/mol. The number of hydrogen-bond acceptors (Lipinski definition) is 6. The number of imidazole rings is 1. The zero-order valence-corrected chi connectivity index (χ0v) is 12.2. The van der Waals surface area contributed by atoms with Crippen molar-refractivity contribution in [1.29, 1.82) is 0 Å². The molecular weight excluding hydrogens is 290 g/mol. The van der Waals surface area contributed by atoms with E-state index in [0.29, 0.717) is 12.6 Å². The van der Waals surface area contributed by atoms with Gasteiger partial charge in [0.25, 0.3) is 0 Å². The molecule has 2 fully saturated rings. The highest BCUT2D eigenvalue weighted by molar-refractivity contribution is 7.15. The average molecular weight is 305 g/mol. The molecule has 0 spiro atoms. The maximum absolute atomic E-state index is 11.6. The zero-order valence-electron chi connectivity index (χ0n) is 11.3. The first-order valence-corrected chi connectivity index (χ1v) is 7.84. The van der Waals surface area contributed by atoms with Crippen molar-refractivity contribution in [3.05, 3.63) is 17.3 Å². The van der Waals surface area contributed by atoms with Crippen molar-refractivity contribution in [1.82, 2.24) is 20.0 Å². The third kappa shape index (κ3) is 2.40. The molecule has 1 aliphatic heterocycles. The number of fused-ring (bicyclic) bond motifs is 1. The summed E-state index contributed by atoms with van der Waals surface area (Å²) in [5.74, 6) is 0.186. The topological polar surface area (TPSA) is 78.7 Å². The molecule has 1 saturated carbocycles. The standard InChI is InChI=1S/C13H15N5O2S/c19-10-6-17(7-11(20)15-10)12-9(5-14-8-1-2-8)18-3-4-21-13(18)16-12/h3-4,8,14H,1-2,5-7H2,(H,15,19,20). The number of rotatable bonds is 4. The maximum Gasteiger partial charge on any atom is 0.246 e. The minimum atomic E-state index is -0.274. The SMILES string of the molecule is O=C1CN(c2nc3sccn3c2CNC2CC2)CC(=O)N1. The number of piperazine rings is 1. The molecule has 2 aromatic rings.